The molecular formula is C11F9MnO5-. The second kappa shape index (κ2) is 16.8. The standard InChI is InChI=1S/C6F9.5CO.Mn/c7-2-1-3(8,9)5(12,13)6(14,15)4(2,10)11;5*1-2;/q-1;;;;;;. The molecule has 15 heteroatoms. The van der Waals surface area contributed by atoms with Crippen LogP contribution >= 0.6 is 0 Å². The van der Waals surface area contributed by atoms with E-state index in [0.29, 0.717) is 0 Å². The Morgan fingerprint density at radius 1 is 0.577 bits per heavy atom. The van der Waals surface area contributed by atoms with Crippen LogP contribution in [0.2, 0.25) is 0 Å². The minimum Gasteiger partial charge on any atom is 0 e. The Morgan fingerprint density at radius 2 is 0.808 bits per heavy atom. The van der Waals surface area contributed by atoms with Crippen molar-refractivity contribution in [3.63, 3.8) is 0 Å². The van der Waals surface area contributed by atoms with Gasteiger partial charge in [0, 0.05) is 17.1 Å². The molecule has 1 aliphatic carbocycles. The van der Waals surface area contributed by atoms with Crippen LogP contribution < -0.4 is 0 Å². The van der Waals surface area contributed by atoms with Crippen molar-refractivity contribution in [2.75, 3.05) is 0 Å². The van der Waals surface area contributed by atoms with Gasteiger partial charge in [-0.15, -0.1) is 0 Å². The molecule has 1 rings (SSSR count). The SMILES string of the molecule is FC1=[C-]C(F)(F)C(F)(F)C(F)(F)C1(F)F.[C-]#[O+].[C-]#[O+].[C-]#[O+].[C-]#[O+].[C-]#[O+].[Mn]. The largest absolute Gasteiger partial charge is 0 e. The third-order valence-corrected chi connectivity index (χ3v) is 1.73. The fourth-order valence-electron chi connectivity index (χ4n) is 0.827. The van der Waals surface area contributed by atoms with Crippen LogP contribution in [0, 0.1) is 39.3 Å². The third kappa shape index (κ3) is 7.70. The molecule has 0 fully saturated rings. The van der Waals surface area contributed by atoms with Crippen molar-refractivity contribution in [3.05, 3.63) is 45.2 Å². The fourth-order valence-corrected chi connectivity index (χ4v) is 0.827. The first-order valence-electron chi connectivity index (χ1n) is 4.22. The zero-order chi connectivity index (χ0) is 22.3. The van der Waals surface area contributed by atoms with Gasteiger partial charge in [-0.2, -0.15) is 26.3 Å². The van der Waals surface area contributed by atoms with Crippen LogP contribution in [0.5, 0.6) is 0 Å². The van der Waals surface area contributed by atoms with Crippen LogP contribution in [0.25, 0.3) is 0 Å². The van der Waals surface area contributed by atoms with E-state index in [1.54, 1.807) is 0 Å². The van der Waals surface area contributed by atoms with Gasteiger partial charge >= 0.3 is 74.3 Å². The van der Waals surface area contributed by atoms with Gasteiger partial charge < -0.3 is 6.08 Å². The number of rotatable bonds is 0. The zero-order valence-corrected chi connectivity index (χ0v) is 12.5. The number of halogens is 9. The van der Waals surface area contributed by atoms with Gasteiger partial charge in [-0.05, 0) is 5.83 Å². The molecule has 0 saturated heterocycles. The van der Waals surface area contributed by atoms with E-state index in [1.165, 1.54) is 0 Å². The number of alkyl halides is 8. The van der Waals surface area contributed by atoms with Crippen LogP contribution in [0.15, 0.2) is 5.83 Å². The van der Waals surface area contributed by atoms with Gasteiger partial charge in [0.15, 0.2) is 5.92 Å². The summed E-state index contributed by atoms with van der Waals surface area (Å²) in [5.74, 6) is -28.1. The van der Waals surface area contributed by atoms with Crippen LogP contribution in [0.3, 0.4) is 0 Å². The summed E-state index contributed by atoms with van der Waals surface area (Å²) >= 11 is 0. The molecule has 0 aromatic heterocycles. The summed E-state index contributed by atoms with van der Waals surface area (Å²) in [5.41, 5.74) is 0. The Labute approximate surface area is 149 Å². The monoisotopic (exact) mass is 438 g/mol. The molecule has 1 aliphatic rings. The summed E-state index contributed by atoms with van der Waals surface area (Å²) < 4.78 is 147. The van der Waals surface area contributed by atoms with E-state index in [1.807, 2.05) is 0 Å². The summed E-state index contributed by atoms with van der Waals surface area (Å²) in [4.78, 5) is 0. The van der Waals surface area contributed by atoms with E-state index < -0.39 is 29.5 Å². The molecule has 0 atom stereocenters. The van der Waals surface area contributed by atoms with Crippen molar-refractivity contribution >= 4 is 0 Å². The maximum Gasteiger partial charge on any atom is 0 e. The van der Waals surface area contributed by atoms with E-state index in [9.17, 15) is 39.5 Å². The van der Waals surface area contributed by atoms with E-state index >= 15 is 0 Å². The molecule has 0 unspecified atom stereocenters. The molecule has 0 aliphatic heterocycles. The minimum atomic E-state index is -6.52. The molecule has 0 saturated carbocycles. The summed E-state index contributed by atoms with van der Waals surface area (Å²) in [6.45, 7) is 22.5. The van der Waals surface area contributed by atoms with Crippen molar-refractivity contribution in [2.24, 2.45) is 0 Å². The topological polar surface area (TPSA) is 99.5 Å². The number of hydrogen-bond acceptors (Lipinski definition) is 0. The molecule has 26 heavy (non-hydrogen) atoms. The molecule has 145 valence electrons. The van der Waals surface area contributed by atoms with Crippen molar-refractivity contribution < 1.29 is 79.8 Å². The maximum atomic E-state index is 12.2. The Balaban J connectivity index is -0.0000000786. The van der Waals surface area contributed by atoms with Crippen LogP contribution in [0.1, 0.15) is 0 Å². The summed E-state index contributed by atoms with van der Waals surface area (Å²) in [5, 5.41) is 0. The van der Waals surface area contributed by atoms with Gasteiger partial charge in [0.1, 0.15) is 0 Å². The molecule has 5 nitrogen and oxygen atoms in total. The molecule has 0 aromatic rings. The molecule has 0 aromatic carbocycles. The molecule has 0 spiro atoms. The van der Waals surface area contributed by atoms with Crippen molar-refractivity contribution in [2.45, 2.75) is 23.7 Å². The van der Waals surface area contributed by atoms with Gasteiger partial charge in [-0.1, -0.05) is 0 Å². The fraction of sp³-hybridized carbons (Fsp3) is 0.364. The quantitative estimate of drug-likeness (QED) is 0.241. The average Bonchev–Trinajstić information content (AvgIpc) is 2.62. The van der Waals surface area contributed by atoms with Gasteiger partial charge in [0.05, 0.1) is 0 Å². The molecule has 1 radical (unpaired) electrons. The van der Waals surface area contributed by atoms with E-state index in [0.717, 1.165) is 0 Å². The van der Waals surface area contributed by atoms with E-state index in [4.69, 9.17) is 23.3 Å². The van der Waals surface area contributed by atoms with E-state index in [2.05, 4.69) is 33.3 Å². The first-order valence-corrected chi connectivity index (χ1v) is 4.22. The zero-order valence-electron chi connectivity index (χ0n) is 11.3. The van der Waals surface area contributed by atoms with Gasteiger partial charge in [0.2, 0.25) is 0 Å². The Morgan fingerprint density at radius 3 is 1.04 bits per heavy atom. The predicted molar refractivity (Wildman–Crippen MR) is 47.3 cm³/mol. The van der Waals surface area contributed by atoms with Gasteiger partial charge in [-0.25, -0.2) is 13.2 Å². The first kappa shape index (κ1) is 39.4. The van der Waals surface area contributed by atoms with E-state index in [-0.39, 0.29) is 23.1 Å². The van der Waals surface area contributed by atoms with Gasteiger partial charge in [-0.3, -0.25) is 0 Å². The Kier molecular flexibility index (Phi) is 25.4. The summed E-state index contributed by atoms with van der Waals surface area (Å²) in [6.07, 6.45) is -0.272. The van der Waals surface area contributed by atoms with Crippen LogP contribution in [-0.2, 0) is 40.3 Å². The smallest absolute Gasteiger partial charge is 0 e. The maximum absolute atomic E-state index is 12.2. The summed E-state index contributed by atoms with van der Waals surface area (Å²) in [6, 6.07) is 0. The number of allylic oxidation sites excluding steroid dienone is 2. The van der Waals surface area contributed by atoms with Crippen molar-refractivity contribution in [3.8, 4) is 0 Å². The van der Waals surface area contributed by atoms with Crippen LogP contribution in [-0.4, -0.2) is 23.7 Å². The predicted octanol–water partition coefficient (Wildman–Crippen LogP) is 3.01. The molecule has 0 bridgehead atoms. The summed E-state index contributed by atoms with van der Waals surface area (Å²) in [7, 11) is 0. The second-order valence-electron chi connectivity index (χ2n) is 2.74. The van der Waals surface area contributed by atoms with Crippen molar-refractivity contribution in [1.29, 1.82) is 0 Å². The van der Waals surface area contributed by atoms with Gasteiger partial charge in [0.25, 0.3) is 0 Å². The number of hydrogen-bond donors (Lipinski definition) is 0. The molecule has 0 heterocycles. The Bertz CT molecular complexity index is 486. The molecular weight excluding hydrogens is 438 g/mol. The molecule has 0 N–H and O–H groups in total. The second-order valence-corrected chi connectivity index (χ2v) is 2.74. The minimum absolute atomic E-state index is 0. The van der Waals surface area contributed by atoms with Crippen LogP contribution in [0.4, 0.5) is 39.5 Å². The van der Waals surface area contributed by atoms with Crippen molar-refractivity contribution in [1.82, 2.24) is 0 Å². The average molecular weight is 438 g/mol. The first-order chi connectivity index (χ1) is 11.4. The Hall–Kier alpha value is -1.67. The third-order valence-electron chi connectivity index (χ3n) is 1.73. The molecule has 0 amide bonds. The normalized spacial score (nSPS) is 18.2.